The Balaban J connectivity index is 1.37. The number of carbonyl (C=O) groups is 5. The number of allylic oxidation sites excluding steroid dienone is 1. The van der Waals surface area contributed by atoms with E-state index in [-0.39, 0.29) is 23.5 Å². The molecule has 2 bridgehead atoms. The number of ketones is 1. The van der Waals surface area contributed by atoms with E-state index < -0.39 is 100 Å². The average molecular weight is 784 g/mol. The number of nitrogens with one attached hydrogen (secondary N) is 2. The van der Waals surface area contributed by atoms with Crippen molar-refractivity contribution in [3.63, 3.8) is 0 Å². The molecule has 57 heavy (non-hydrogen) atoms. The maximum Gasteiger partial charge on any atom is 0.338 e. The van der Waals surface area contributed by atoms with Crippen molar-refractivity contribution in [2.45, 2.75) is 109 Å². The monoisotopic (exact) mass is 783 g/mol. The van der Waals surface area contributed by atoms with Gasteiger partial charge in [-0.15, -0.1) is 0 Å². The molecule has 1 unspecified atom stereocenters. The number of aliphatic hydroxyl groups excluding tert-OH is 1. The van der Waals surface area contributed by atoms with Crippen molar-refractivity contribution in [3.8, 4) is 0 Å². The molecular weight excluding hydrogens is 734 g/mol. The largest absolute Gasteiger partial charge is 0.456 e. The van der Waals surface area contributed by atoms with Crippen LogP contribution in [0.2, 0.25) is 0 Å². The Morgan fingerprint density at radius 1 is 1.02 bits per heavy atom. The summed E-state index contributed by atoms with van der Waals surface area (Å²) in [4.78, 5) is 69.4. The molecule has 302 valence electrons. The molecule has 2 aromatic rings. The van der Waals surface area contributed by atoms with Gasteiger partial charge < -0.3 is 39.9 Å². The molecular formula is C43H49N3O11. The van der Waals surface area contributed by atoms with Crippen LogP contribution in [0.1, 0.15) is 83.3 Å². The van der Waals surface area contributed by atoms with Gasteiger partial charge in [-0.2, -0.15) is 5.10 Å². The minimum atomic E-state index is -2.19. The first-order chi connectivity index (χ1) is 26.9. The van der Waals surface area contributed by atoms with Crippen LogP contribution in [0.5, 0.6) is 0 Å². The number of hydrazone groups is 1. The maximum absolute atomic E-state index is 15.1. The predicted molar refractivity (Wildman–Crippen MR) is 204 cm³/mol. The van der Waals surface area contributed by atoms with Gasteiger partial charge in [0.15, 0.2) is 11.7 Å². The maximum atomic E-state index is 15.1. The zero-order valence-electron chi connectivity index (χ0n) is 33.0. The number of Topliss-reactive ketones (excluding diaryl/α,β-unsaturated/α-hetero) is 1. The number of benzene rings is 2. The summed E-state index contributed by atoms with van der Waals surface area (Å²) in [6.07, 6.45) is -4.00. The predicted octanol–water partition coefficient (Wildman–Crippen LogP) is 3.42. The standard InChI is InChI=1S/C43H49N3O11/c1-8-22(2)37(50)44-31(25-15-11-9-12-16-25)33(49)39(52)55-27-20-43(53)36(56-38(51)26-17-13-10-14-18-26)34-41(7)28(19-29-42(34,21-54-29)57-24(4)47)45-46-35(41)32(48)30(23(27)3)40(43,5)6/h8-18,27-29,31,33-34,36,45,49,53H,19-21H2,1-7H3,(H,44,50)/b22-8+/t27-,28?,29+,31-,33+,34-,36-,41+,42-,43+/m0/s1. The zero-order chi connectivity index (χ0) is 41.2. The molecule has 7 rings (SSSR count). The van der Waals surface area contributed by atoms with Crippen LogP contribution >= 0.6 is 0 Å². The highest BCUT2D eigenvalue weighted by molar-refractivity contribution is 6.48. The van der Waals surface area contributed by atoms with Crippen molar-refractivity contribution in [1.29, 1.82) is 0 Å². The van der Waals surface area contributed by atoms with E-state index in [0.717, 1.165) is 0 Å². The third-order valence-corrected chi connectivity index (χ3v) is 13.2. The quantitative estimate of drug-likeness (QED) is 0.165. The lowest BCUT2D eigenvalue weighted by atomic mass is 9.44. The molecule has 0 aromatic heterocycles. The molecule has 2 aliphatic heterocycles. The van der Waals surface area contributed by atoms with Crippen molar-refractivity contribution in [3.05, 3.63) is 94.6 Å². The second kappa shape index (κ2) is 14.3. The number of rotatable bonds is 9. The van der Waals surface area contributed by atoms with Crippen molar-refractivity contribution in [1.82, 2.24) is 10.7 Å². The minimum absolute atomic E-state index is 0.0813. The van der Waals surface area contributed by atoms with Crippen LogP contribution in [0.4, 0.5) is 0 Å². The molecule has 2 heterocycles. The smallest absolute Gasteiger partial charge is 0.338 e. The van der Waals surface area contributed by atoms with Crippen molar-refractivity contribution >= 4 is 35.3 Å². The Bertz CT molecular complexity index is 2100. The van der Waals surface area contributed by atoms with Crippen LogP contribution in [-0.2, 0) is 38.1 Å². The second-order valence-electron chi connectivity index (χ2n) is 16.5. The topological polar surface area (TPSA) is 199 Å². The van der Waals surface area contributed by atoms with Gasteiger partial charge >= 0.3 is 17.9 Å². The van der Waals surface area contributed by atoms with Gasteiger partial charge in [-0.1, -0.05) is 75.4 Å². The number of carbonyl (C=O) groups excluding carboxylic acids is 5. The number of nitrogens with zero attached hydrogens (tertiary/aromatic N) is 1. The highest BCUT2D eigenvalue weighted by Crippen LogP contribution is 2.64. The molecule has 10 atom stereocenters. The Morgan fingerprint density at radius 2 is 1.67 bits per heavy atom. The number of hydrogen-bond acceptors (Lipinski definition) is 13. The molecule has 0 spiro atoms. The number of hydrogen-bond donors (Lipinski definition) is 4. The summed E-state index contributed by atoms with van der Waals surface area (Å²) in [7, 11) is 0. The van der Waals surface area contributed by atoms with E-state index in [1.54, 1.807) is 108 Å². The van der Waals surface area contributed by atoms with Crippen molar-refractivity contribution in [2.75, 3.05) is 6.61 Å². The highest BCUT2D eigenvalue weighted by Gasteiger charge is 2.78. The summed E-state index contributed by atoms with van der Waals surface area (Å²) in [5, 5.41) is 32.5. The molecule has 1 saturated heterocycles. The lowest BCUT2D eigenvalue weighted by Crippen LogP contribution is -2.81. The van der Waals surface area contributed by atoms with Gasteiger partial charge in [0.05, 0.1) is 30.2 Å². The fourth-order valence-corrected chi connectivity index (χ4v) is 9.84. The van der Waals surface area contributed by atoms with E-state index in [9.17, 15) is 29.4 Å². The van der Waals surface area contributed by atoms with Gasteiger partial charge in [0, 0.05) is 41.7 Å². The number of esters is 3. The molecule has 3 fully saturated rings. The Labute approximate surface area is 330 Å². The fourth-order valence-electron chi connectivity index (χ4n) is 9.84. The summed E-state index contributed by atoms with van der Waals surface area (Å²) in [5.74, 6) is -4.69. The zero-order valence-corrected chi connectivity index (χ0v) is 33.0. The Kier molecular flexibility index (Phi) is 10.1. The molecule has 2 saturated carbocycles. The average Bonchev–Trinajstić information content (AvgIpc) is 3.51. The van der Waals surface area contributed by atoms with Crippen molar-refractivity contribution in [2.24, 2.45) is 21.8 Å². The van der Waals surface area contributed by atoms with E-state index >= 15 is 4.79 Å². The fraction of sp³-hybridized carbons (Fsp3) is 0.488. The van der Waals surface area contributed by atoms with Crippen LogP contribution in [0.25, 0.3) is 0 Å². The molecule has 14 nitrogen and oxygen atoms in total. The molecule has 3 aliphatic carbocycles. The van der Waals surface area contributed by atoms with E-state index in [1.165, 1.54) is 6.92 Å². The minimum Gasteiger partial charge on any atom is -0.456 e. The first kappa shape index (κ1) is 40.0. The molecule has 5 aliphatic rings. The van der Waals surface area contributed by atoms with Gasteiger partial charge in [0.25, 0.3) is 0 Å². The second-order valence-corrected chi connectivity index (χ2v) is 16.5. The number of amides is 1. The van der Waals surface area contributed by atoms with Crippen LogP contribution in [0, 0.1) is 16.7 Å². The summed E-state index contributed by atoms with van der Waals surface area (Å²) in [5.41, 5.74) is -1.86. The van der Waals surface area contributed by atoms with Crippen LogP contribution in [0.15, 0.2) is 88.6 Å². The van der Waals surface area contributed by atoms with E-state index in [1.807, 2.05) is 0 Å². The molecule has 2 aromatic carbocycles. The third kappa shape index (κ3) is 6.11. The lowest BCUT2D eigenvalue weighted by molar-refractivity contribution is -0.329. The summed E-state index contributed by atoms with van der Waals surface area (Å²) >= 11 is 0. The summed E-state index contributed by atoms with van der Waals surface area (Å²) in [6, 6.07) is 14.9. The number of fused-ring (bicyclic) bond motifs is 4. The molecule has 14 heteroatoms. The first-order valence-corrected chi connectivity index (χ1v) is 19.2. The summed E-state index contributed by atoms with van der Waals surface area (Å²) in [6.45, 7) is 11.2. The first-order valence-electron chi connectivity index (χ1n) is 19.2. The summed E-state index contributed by atoms with van der Waals surface area (Å²) < 4.78 is 24.8. The van der Waals surface area contributed by atoms with E-state index in [0.29, 0.717) is 23.1 Å². The Hall–Kier alpha value is -5.18. The van der Waals surface area contributed by atoms with Gasteiger partial charge in [-0.25, -0.2) is 9.59 Å². The van der Waals surface area contributed by atoms with Crippen LogP contribution in [0.3, 0.4) is 0 Å². The molecule has 4 N–H and O–H groups in total. The van der Waals surface area contributed by atoms with Gasteiger partial charge in [-0.05, 0) is 44.0 Å². The normalized spacial score (nSPS) is 33.4. The molecule has 0 radical (unpaired) electrons. The highest BCUT2D eigenvalue weighted by atomic mass is 16.6. The van der Waals surface area contributed by atoms with E-state index in [2.05, 4.69) is 15.8 Å². The van der Waals surface area contributed by atoms with Gasteiger partial charge in [0.2, 0.25) is 11.7 Å². The Morgan fingerprint density at radius 3 is 2.26 bits per heavy atom. The lowest BCUT2D eigenvalue weighted by Gasteiger charge is -2.66. The van der Waals surface area contributed by atoms with Crippen LogP contribution in [-0.4, -0.2) is 93.8 Å². The SMILES string of the molecule is C/C=C(\C)C(=O)N[C@@H](c1ccccc1)[C@@H](O)C(=O)O[C@H]1C[C@@]2(O)[C@@H](OC(=O)c3ccccc3)[C@@H]3[C@]4(OC(C)=O)CO[C@@H]4CC4NN=C(C(=O)C(=C1C)C2(C)C)[C@]43C. The van der Waals surface area contributed by atoms with Crippen molar-refractivity contribution < 1.29 is 53.1 Å². The molecule has 1 amide bonds. The number of aliphatic hydroxyl groups is 2. The third-order valence-electron chi connectivity index (χ3n) is 13.2. The van der Waals surface area contributed by atoms with Crippen LogP contribution < -0.4 is 10.7 Å². The van der Waals surface area contributed by atoms with E-state index in [4.69, 9.17) is 18.9 Å². The van der Waals surface area contributed by atoms with Gasteiger partial charge in [0.1, 0.15) is 29.6 Å². The van der Waals surface area contributed by atoms with Gasteiger partial charge in [-0.3, -0.25) is 14.4 Å². The number of ether oxygens (including phenoxy) is 4.